The van der Waals surface area contributed by atoms with Gasteiger partial charge in [-0.3, -0.25) is 0 Å². The van der Waals surface area contributed by atoms with Crippen LogP contribution in [-0.4, -0.2) is 0 Å². The normalized spacial score (nSPS) is 10.1. The summed E-state index contributed by atoms with van der Waals surface area (Å²) in [5, 5.41) is 52.7. The first-order chi connectivity index (χ1) is 23.4. The zero-order valence-corrected chi connectivity index (χ0v) is 24.5. The number of hydrogen-bond acceptors (Lipinski definition) is 6. The minimum absolute atomic E-state index is 0.00712. The molecule has 6 aromatic rings. The third-order valence-corrected chi connectivity index (χ3v) is 7.80. The second-order valence-corrected chi connectivity index (χ2v) is 10.3. The van der Waals surface area contributed by atoms with Crippen LogP contribution in [0.2, 0.25) is 0 Å². The Morgan fingerprint density at radius 3 is 1.77 bits per heavy atom. The summed E-state index contributed by atoms with van der Waals surface area (Å²) in [5.41, 5.74) is 2.03. The molecule has 0 bridgehead atoms. The summed E-state index contributed by atoms with van der Waals surface area (Å²) in [4.78, 5) is 10.5. The fraction of sp³-hybridized carbons (Fsp3) is 0. The molecule has 0 aliphatic rings. The van der Waals surface area contributed by atoms with Crippen molar-refractivity contribution in [3.05, 3.63) is 164 Å². The summed E-state index contributed by atoms with van der Waals surface area (Å²) in [6.07, 6.45) is 0. The zero-order chi connectivity index (χ0) is 33.9. The maximum absolute atomic E-state index is 10.5. The van der Waals surface area contributed by atoms with Gasteiger partial charge in [-0.05, 0) is 70.8 Å². The molecule has 48 heavy (non-hydrogen) atoms. The fourth-order valence-electron chi connectivity index (χ4n) is 5.81. The summed E-state index contributed by atoms with van der Waals surface area (Å²) in [5.74, 6) is 0.0495. The molecule has 0 unspecified atom stereocenters. The van der Waals surface area contributed by atoms with E-state index in [-0.39, 0.29) is 67.5 Å². The molecule has 9 heteroatoms. The Hall–Kier alpha value is -8.18. The Morgan fingerprint density at radius 2 is 1.17 bits per heavy atom. The van der Waals surface area contributed by atoms with Gasteiger partial charge in [0.25, 0.3) is 0 Å². The van der Waals surface area contributed by atoms with Crippen LogP contribution < -0.4 is 0 Å². The van der Waals surface area contributed by atoms with E-state index in [1.807, 2.05) is 48.5 Å². The van der Waals surface area contributed by atoms with Crippen LogP contribution in [0.5, 0.6) is 0 Å². The summed E-state index contributed by atoms with van der Waals surface area (Å²) < 4.78 is 6.05. The summed E-state index contributed by atoms with van der Waals surface area (Å²) in [6, 6.07) is 31.3. The number of fused-ring (bicyclic) bond motifs is 3. The van der Waals surface area contributed by atoms with E-state index in [2.05, 4.69) is 26.7 Å². The van der Waals surface area contributed by atoms with Gasteiger partial charge in [0.15, 0.2) is 17.1 Å². The minimum atomic E-state index is -0.119. The van der Waals surface area contributed by atoms with Crippen molar-refractivity contribution in [2.24, 2.45) is 0 Å². The molecule has 0 aliphatic heterocycles. The molecule has 0 amide bonds. The summed E-state index contributed by atoms with van der Waals surface area (Å²) in [7, 11) is 0. The maximum atomic E-state index is 10.5. The van der Waals surface area contributed by atoms with Gasteiger partial charge in [0.2, 0.25) is 0 Å². The van der Waals surface area contributed by atoms with Gasteiger partial charge in [0, 0.05) is 38.9 Å². The minimum Gasteiger partial charge on any atom is -0.456 e. The van der Waals surface area contributed by atoms with Crippen LogP contribution in [0.3, 0.4) is 0 Å². The molecule has 0 N–H and O–H groups in total. The van der Waals surface area contributed by atoms with E-state index in [9.17, 15) is 26.3 Å². The molecule has 1 radical (unpaired) electrons. The highest BCUT2D eigenvalue weighted by atomic mass is 16.3. The van der Waals surface area contributed by atoms with Gasteiger partial charge in [-0.2, -0.15) is 26.3 Å². The molecule has 1 aromatic heterocycles. The van der Waals surface area contributed by atoms with E-state index in [1.165, 1.54) is 36.4 Å². The Bertz CT molecular complexity index is 2530. The molecule has 0 spiro atoms. The molecule has 0 saturated heterocycles. The van der Waals surface area contributed by atoms with Crippen molar-refractivity contribution in [1.82, 2.24) is 0 Å². The predicted molar refractivity (Wildman–Crippen MR) is 175 cm³/mol. The van der Waals surface area contributed by atoms with Gasteiger partial charge in [-0.15, -0.1) is 0 Å². The van der Waals surface area contributed by atoms with Crippen molar-refractivity contribution in [2.45, 2.75) is 0 Å². The van der Waals surface area contributed by atoms with E-state index in [0.29, 0.717) is 22.3 Å². The van der Waals surface area contributed by atoms with Crippen molar-refractivity contribution in [2.75, 3.05) is 0 Å². The topological polar surface area (TPSA) is 145 Å². The van der Waals surface area contributed by atoms with Gasteiger partial charge in [0.05, 0.1) is 61.2 Å². The first-order valence-electron chi connectivity index (χ1n) is 13.9. The van der Waals surface area contributed by atoms with Crippen LogP contribution in [0.15, 0.2) is 83.3 Å². The Kier molecular flexibility index (Phi) is 7.51. The van der Waals surface area contributed by atoms with Crippen LogP contribution in [0, 0.1) is 82.3 Å². The molecule has 0 fully saturated rings. The molecule has 1 heterocycles. The van der Waals surface area contributed by atoms with Crippen molar-refractivity contribution in [1.29, 1.82) is 26.3 Å². The lowest BCUT2D eigenvalue weighted by Crippen LogP contribution is -2.11. The van der Waals surface area contributed by atoms with Crippen molar-refractivity contribution < 1.29 is 4.42 Å². The average molecular weight is 610 g/mol. The van der Waals surface area contributed by atoms with Crippen LogP contribution in [0.1, 0.15) is 44.5 Å². The molecule has 5 aromatic carbocycles. The largest absolute Gasteiger partial charge is 0.456 e. The maximum Gasteiger partial charge on any atom is 0.194 e. The predicted octanol–water partition coefficient (Wildman–Crippen LogP) is 9.28. The number of benzene rings is 5. The fourth-order valence-corrected chi connectivity index (χ4v) is 5.81. The number of furan rings is 1. The molecular weight excluding hydrogens is 596 g/mol. The number of rotatable bonds is 4. The second-order valence-electron chi connectivity index (χ2n) is 10.3. The van der Waals surface area contributed by atoms with E-state index in [4.69, 9.17) is 24.1 Å². The summed E-state index contributed by atoms with van der Waals surface area (Å²) in [6.45, 7) is 23.3. The lowest BCUT2D eigenvalue weighted by Gasteiger charge is -2.24. The highest BCUT2D eigenvalue weighted by Crippen LogP contribution is 2.47. The first-order valence-corrected chi connectivity index (χ1v) is 13.9. The Labute approximate surface area is 274 Å². The molecule has 0 aliphatic carbocycles. The zero-order valence-electron chi connectivity index (χ0n) is 24.5. The number of nitrogens with zero attached hydrogens (tertiary/aromatic N) is 8. The number of nitriles is 5. The lowest BCUT2D eigenvalue weighted by molar-refractivity contribution is 0.669. The quantitative estimate of drug-likeness (QED) is 0.144. The Morgan fingerprint density at radius 1 is 0.562 bits per heavy atom. The van der Waals surface area contributed by atoms with Gasteiger partial charge >= 0.3 is 0 Å². The first kappa shape index (κ1) is 29.9. The highest BCUT2D eigenvalue weighted by Gasteiger charge is 2.31. The lowest BCUT2D eigenvalue weighted by atomic mass is 9.77. The van der Waals surface area contributed by atoms with Crippen molar-refractivity contribution >= 4 is 39.0 Å². The van der Waals surface area contributed by atoms with Crippen molar-refractivity contribution in [3.63, 3.8) is 0 Å². The molecule has 0 atom stereocenters. The molecule has 9 nitrogen and oxygen atoms in total. The van der Waals surface area contributed by atoms with Crippen LogP contribution in [0.4, 0.5) is 17.1 Å². The third-order valence-electron chi connectivity index (χ3n) is 7.80. The third kappa shape index (κ3) is 4.76. The molecule has 6 rings (SSSR count). The Balaban J connectivity index is 1.70. The molecular formula is C39H13N8O. The van der Waals surface area contributed by atoms with Gasteiger partial charge in [-0.25, -0.2) is 14.5 Å². The van der Waals surface area contributed by atoms with E-state index in [1.54, 1.807) is 12.1 Å². The standard InChI is InChI=1S/C39H13N8O/c1-45-29-14-28(21-44)38(33(16-29)47-3)39(37-25(18-41)10-22(17-40)11-32(37)46-2)24-12-26(19-42)36(27(13-24)20-43)23-8-9-31-30-6-4-5-7-34(30)48-35(31)15-23/h4-16H. The van der Waals surface area contributed by atoms with Crippen LogP contribution in [0.25, 0.3) is 47.6 Å². The van der Waals surface area contributed by atoms with Crippen LogP contribution in [-0.2, 0) is 0 Å². The van der Waals surface area contributed by atoms with Crippen molar-refractivity contribution in [3.8, 4) is 41.5 Å². The smallest absolute Gasteiger partial charge is 0.194 e. The molecule has 215 valence electrons. The number of para-hydroxylation sites is 1. The summed E-state index contributed by atoms with van der Waals surface area (Å²) >= 11 is 0. The van der Waals surface area contributed by atoms with E-state index >= 15 is 0 Å². The molecule has 0 saturated carbocycles. The average Bonchev–Trinajstić information content (AvgIpc) is 3.51. The monoisotopic (exact) mass is 609 g/mol. The van der Waals surface area contributed by atoms with Gasteiger partial charge < -0.3 is 4.42 Å². The van der Waals surface area contributed by atoms with Gasteiger partial charge in [-0.1, -0.05) is 30.3 Å². The number of hydrogen-bond donors (Lipinski definition) is 0. The SMILES string of the molecule is [C-]#[N+]c1cc(C#N)c([C](c2cc(C#N)c(-c3ccc4c(c3)oc3ccccc34)c(C#N)c2)c2c(C#N)cc(C#N)cc2[N+]#[C-])c([N+]#[C-])c1. The second kappa shape index (κ2) is 12.1. The van der Waals surface area contributed by atoms with E-state index < -0.39 is 0 Å². The van der Waals surface area contributed by atoms with E-state index in [0.717, 1.165) is 10.8 Å². The van der Waals surface area contributed by atoms with Crippen LogP contribution >= 0.6 is 0 Å². The van der Waals surface area contributed by atoms with Gasteiger partial charge in [0.1, 0.15) is 11.2 Å². The highest BCUT2D eigenvalue weighted by molar-refractivity contribution is 6.06.